The number of benzene rings is 1. The lowest BCUT2D eigenvalue weighted by Crippen LogP contribution is -2.48. The van der Waals surface area contributed by atoms with Crippen LogP contribution in [-0.4, -0.2) is 27.5 Å². The topological polar surface area (TPSA) is 58.2 Å². The van der Waals surface area contributed by atoms with Crippen molar-refractivity contribution < 1.29 is 12.8 Å². The summed E-state index contributed by atoms with van der Waals surface area (Å²) in [4.78, 5) is 0.0261. The van der Waals surface area contributed by atoms with Gasteiger partial charge in [0.2, 0.25) is 10.0 Å². The molecule has 2 atom stereocenters. The minimum absolute atomic E-state index is 0.0261. The van der Waals surface area contributed by atoms with Crippen LogP contribution in [-0.2, 0) is 10.0 Å². The van der Waals surface area contributed by atoms with Gasteiger partial charge in [0, 0.05) is 6.04 Å². The highest BCUT2D eigenvalue weighted by Crippen LogP contribution is 2.19. The van der Waals surface area contributed by atoms with E-state index in [0.717, 1.165) is 25.6 Å². The lowest BCUT2D eigenvalue weighted by atomic mass is 9.97. The largest absolute Gasteiger partial charge is 0.316 e. The minimum Gasteiger partial charge on any atom is -0.316 e. The second kappa shape index (κ2) is 5.56. The molecule has 1 aromatic carbocycles. The summed E-state index contributed by atoms with van der Waals surface area (Å²) in [6.07, 6.45) is 0.745. The van der Waals surface area contributed by atoms with Crippen LogP contribution in [0.15, 0.2) is 23.1 Å². The first-order chi connectivity index (χ1) is 8.90. The number of rotatable bonds is 3. The Balaban J connectivity index is 2.24. The Bertz CT molecular complexity index is 560. The van der Waals surface area contributed by atoms with E-state index in [2.05, 4.69) is 10.0 Å². The van der Waals surface area contributed by atoms with Gasteiger partial charge in [0.25, 0.3) is 0 Å². The van der Waals surface area contributed by atoms with Gasteiger partial charge >= 0.3 is 0 Å². The summed E-state index contributed by atoms with van der Waals surface area (Å²) in [7, 11) is -3.66. The standard InChI is InChI=1S/C13H19FN2O2S/c1-9-3-4-11(14)7-13(9)19(17,18)16-12-5-6-15-8-10(12)2/h3-4,7,10,12,15-16H,5-6,8H2,1-2H3/t10-,12+/m0/s1. The highest BCUT2D eigenvalue weighted by Gasteiger charge is 2.27. The van der Waals surface area contributed by atoms with Crippen molar-refractivity contribution in [3.8, 4) is 0 Å². The fraction of sp³-hybridized carbons (Fsp3) is 0.538. The number of sulfonamides is 1. The van der Waals surface area contributed by atoms with Gasteiger partial charge in [-0.05, 0) is 50.0 Å². The highest BCUT2D eigenvalue weighted by atomic mass is 32.2. The Kier molecular flexibility index (Phi) is 4.23. The van der Waals surface area contributed by atoms with Crippen LogP contribution in [0.3, 0.4) is 0 Å². The van der Waals surface area contributed by atoms with Gasteiger partial charge in [-0.1, -0.05) is 13.0 Å². The van der Waals surface area contributed by atoms with Gasteiger partial charge in [-0.25, -0.2) is 17.5 Å². The fourth-order valence-electron chi connectivity index (χ4n) is 2.32. The first kappa shape index (κ1) is 14.4. The Hall–Kier alpha value is -0.980. The molecule has 1 saturated heterocycles. The second-order valence-electron chi connectivity index (χ2n) is 5.11. The number of nitrogens with one attached hydrogen (secondary N) is 2. The first-order valence-corrected chi connectivity index (χ1v) is 7.87. The van der Waals surface area contributed by atoms with E-state index in [1.165, 1.54) is 12.1 Å². The van der Waals surface area contributed by atoms with Crippen molar-refractivity contribution in [2.24, 2.45) is 5.92 Å². The molecule has 1 aromatic rings. The molecule has 0 spiro atoms. The molecule has 1 aliphatic rings. The molecule has 1 fully saturated rings. The van der Waals surface area contributed by atoms with Crippen molar-refractivity contribution in [3.63, 3.8) is 0 Å². The molecule has 0 aliphatic carbocycles. The molecule has 2 rings (SSSR count). The van der Waals surface area contributed by atoms with Crippen LogP contribution < -0.4 is 10.0 Å². The molecule has 1 aliphatic heterocycles. The van der Waals surface area contributed by atoms with Gasteiger partial charge < -0.3 is 5.32 Å². The van der Waals surface area contributed by atoms with Crippen molar-refractivity contribution in [3.05, 3.63) is 29.6 Å². The van der Waals surface area contributed by atoms with Gasteiger partial charge in [0.1, 0.15) is 5.82 Å². The van der Waals surface area contributed by atoms with Crippen LogP contribution in [0.4, 0.5) is 4.39 Å². The highest BCUT2D eigenvalue weighted by molar-refractivity contribution is 7.89. The van der Waals surface area contributed by atoms with E-state index in [1.807, 2.05) is 6.92 Å². The number of piperidine rings is 1. The smallest absolute Gasteiger partial charge is 0.241 e. The third kappa shape index (κ3) is 3.32. The van der Waals surface area contributed by atoms with E-state index < -0.39 is 15.8 Å². The van der Waals surface area contributed by atoms with Gasteiger partial charge in [-0.15, -0.1) is 0 Å². The number of hydrogen-bond donors (Lipinski definition) is 2. The van der Waals surface area contributed by atoms with E-state index in [4.69, 9.17) is 0 Å². The number of halogens is 1. The van der Waals surface area contributed by atoms with Gasteiger partial charge in [-0.2, -0.15) is 0 Å². The average Bonchev–Trinajstić information content (AvgIpc) is 2.35. The normalized spacial score (nSPS) is 24.4. The Morgan fingerprint density at radius 1 is 1.42 bits per heavy atom. The molecule has 0 amide bonds. The van der Waals surface area contributed by atoms with Gasteiger partial charge in [0.15, 0.2) is 0 Å². The summed E-state index contributed by atoms with van der Waals surface area (Å²) >= 11 is 0. The maximum atomic E-state index is 13.2. The van der Waals surface area contributed by atoms with Crippen LogP contribution >= 0.6 is 0 Å². The third-order valence-corrected chi connectivity index (χ3v) is 5.16. The van der Waals surface area contributed by atoms with Crippen LogP contribution in [0.1, 0.15) is 18.9 Å². The zero-order chi connectivity index (χ0) is 14.0. The number of aryl methyl sites for hydroxylation is 1. The van der Waals surface area contributed by atoms with Crippen LogP contribution in [0.25, 0.3) is 0 Å². The van der Waals surface area contributed by atoms with E-state index in [9.17, 15) is 12.8 Å². The van der Waals surface area contributed by atoms with Crippen molar-refractivity contribution in [2.75, 3.05) is 13.1 Å². The van der Waals surface area contributed by atoms with Gasteiger partial charge in [0.05, 0.1) is 4.90 Å². The molecule has 19 heavy (non-hydrogen) atoms. The molecular weight excluding hydrogens is 267 g/mol. The number of hydrogen-bond acceptors (Lipinski definition) is 3. The van der Waals surface area contributed by atoms with Crippen molar-refractivity contribution in [1.82, 2.24) is 10.0 Å². The van der Waals surface area contributed by atoms with E-state index in [0.29, 0.717) is 5.56 Å². The molecule has 4 nitrogen and oxygen atoms in total. The lowest BCUT2D eigenvalue weighted by molar-refractivity contribution is 0.328. The molecule has 0 bridgehead atoms. The third-order valence-electron chi connectivity index (χ3n) is 3.53. The van der Waals surface area contributed by atoms with E-state index in [-0.39, 0.29) is 16.9 Å². The molecule has 0 aromatic heterocycles. The Morgan fingerprint density at radius 2 is 2.16 bits per heavy atom. The second-order valence-corrected chi connectivity index (χ2v) is 6.79. The molecular formula is C13H19FN2O2S. The predicted octanol–water partition coefficient (Wildman–Crippen LogP) is 1.41. The van der Waals surface area contributed by atoms with Crippen molar-refractivity contribution >= 4 is 10.0 Å². The van der Waals surface area contributed by atoms with Crippen LogP contribution in [0.2, 0.25) is 0 Å². The quantitative estimate of drug-likeness (QED) is 0.883. The zero-order valence-electron chi connectivity index (χ0n) is 11.1. The van der Waals surface area contributed by atoms with Crippen LogP contribution in [0, 0.1) is 18.7 Å². The lowest BCUT2D eigenvalue weighted by Gasteiger charge is -2.30. The molecule has 0 unspecified atom stereocenters. The maximum Gasteiger partial charge on any atom is 0.241 e. The molecule has 106 valence electrons. The minimum atomic E-state index is -3.66. The Labute approximate surface area is 113 Å². The first-order valence-electron chi connectivity index (χ1n) is 6.39. The maximum absolute atomic E-state index is 13.2. The summed E-state index contributed by atoms with van der Waals surface area (Å²) in [5.74, 6) is -0.318. The average molecular weight is 286 g/mol. The molecule has 1 heterocycles. The van der Waals surface area contributed by atoms with E-state index >= 15 is 0 Å². The summed E-state index contributed by atoms with van der Waals surface area (Å²) < 4.78 is 40.6. The monoisotopic (exact) mass is 286 g/mol. The molecule has 0 saturated carbocycles. The SMILES string of the molecule is Cc1ccc(F)cc1S(=O)(=O)N[C@@H]1CCNC[C@@H]1C. The summed E-state index contributed by atoms with van der Waals surface area (Å²) in [5.41, 5.74) is 0.551. The Morgan fingerprint density at radius 3 is 2.84 bits per heavy atom. The zero-order valence-corrected chi connectivity index (χ0v) is 11.9. The summed E-state index contributed by atoms with van der Waals surface area (Å²) in [6, 6.07) is 3.72. The predicted molar refractivity (Wildman–Crippen MR) is 71.9 cm³/mol. The van der Waals surface area contributed by atoms with Crippen LogP contribution in [0.5, 0.6) is 0 Å². The molecule has 0 radical (unpaired) electrons. The summed E-state index contributed by atoms with van der Waals surface area (Å²) in [5, 5.41) is 3.22. The van der Waals surface area contributed by atoms with Crippen molar-refractivity contribution in [1.29, 1.82) is 0 Å². The summed E-state index contributed by atoms with van der Waals surface area (Å²) in [6.45, 7) is 5.24. The molecule has 2 N–H and O–H groups in total. The van der Waals surface area contributed by atoms with E-state index in [1.54, 1.807) is 6.92 Å². The fourth-order valence-corrected chi connectivity index (χ4v) is 3.95. The molecule has 6 heteroatoms. The van der Waals surface area contributed by atoms with Gasteiger partial charge in [-0.3, -0.25) is 0 Å². The van der Waals surface area contributed by atoms with Crippen molar-refractivity contribution in [2.45, 2.75) is 31.2 Å².